The van der Waals surface area contributed by atoms with Gasteiger partial charge >= 0.3 is 0 Å². The van der Waals surface area contributed by atoms with E-state index in [1.165, 1.54) is 0 Å². The Morgan fingerprint density at radius 1 is 1.45 bits per heavy atom. The molecule has 5 nitrogen and oxygen atoms in total. The second-order valence-electron chi connectivity index (χ2n) is 5.70. The van der Waals surface area contributed by atoms with Crippen molar-refractivity contribution in [2.75, 3.05) is 19.8 Å². The van der Waals surface area contributed by atoms with Crippen LogP contribution in [0, 0.1) is 6.92 Å². The van der Waals surface area contributed by atoms with Crippen LogP contribution in [-0.4, -0.2) is 35.1 Å². The molecule has 0 radical (unpaired) electrons. The molecule has 5 heteroatoms. The first-order valence-electron chi connectivity index (χ1n) is 7.71. The maximum atomic E-state index is 12.9. The van der Waals surface area contributed by atoms with Crippen molar-refractivity contribution in [2.24, 2.45) is 7.05 Å². The van der Waals surface area contributed by atoms with Crippen LogP contribution in [0.4, 0.5) is 0 Å². The summed E-state index contributed by atoms with van der Waals surface area (Å²) >= 11 is 0. The zero-order valence-electron chi connectivity index (χ0n) is 13.3. The highest BCUT2D eigenvalue weighted by Gasteiger charge is 2.32. The number of amides is 1. The molecule has 3 heterocycles. The first-order chi connectivity index (χ1) is 10.6. The minimum atomic E-state index is -0.0725. The number of hydrogen-bond donors (Lipinski definition) is 0. The summed E-state index contributed by atoms with van der Waals surface area (Å²) in [7, 11) is 1.98. The first-order valence-corrected chi connectivity index (χ1v) is 7.71. The van der Waals surface area contributed by atoms with E-state index >= 15 is 0 Å². The highest BCUT2D eigenvalue weighted by Crippen LogP contribution is 2.27. The molecule has 0 aliphatic carbocycles. The summed E-state index contributed by atoms with van der Waals surface area (Å²) in [5.74, 6) is 1.25. The van der Waals surface area contributed by atoms with Gasteiger partial charge in [-0.1, -0.05) is 6.92 Å². The van der Waals surface area contributed by atoms with Gasteiger partial charge in [0.05, 0.1) is 19.3 Å². The molecule has 1 saturated heterocycles. The summed E-state index contributed by atoms with van der Waals surface area (Å²) in [5.41, 5.74) is 2.11. The number of furan rings is 1. The molecule has 0 saturated carbocycles. The van der Waals surface area contributed by atoms with E-state index in [0.717, 1.165) is 23.4 Å². The van der Waals surface area contributed by atoms with Crippen LogP contribution in [0.1, 0.15) is 40.5 Å². The number of aromatic nitrogens is 1. The van der Waals surface area contributed by atoms with Crippen LogP contribution in [-0.2, 0) is 18.2 Å². The molecule has 1 amide bonds. The van der Waals surface area contributed by atoms with Crippen molar-refractivity contribution >= 4 is 5.91 Å². The Hall–Kier alpha value is -2.01. The summed E-state index contributed by atoms with van der Waals surface area (Å²) in [4.78, 5) is 14.7. The largest absolute Gasteiger partial charge is 0.456 e. The fraction of sp³-hybridized carbons (Fsp3) is 0.471. The second-order valence-corrected chi connectivity index (χ2v) is 5.70. The minimum absolute atomic E-state index is 0.0581. The van der Waals surface area contributed by atoms with Gasteiger partial charge in [0, 0.05) is 31.9 Å². The van der Waals surface area contributed by atoms with E-state index in [-0.39, 0.29) is 11.9 Å². The minimum Gasteiger partial charge on any atom is -0.456 e. The number of aryl methyl sites for hydroxylation is 3. The van der Waals surface area contributed by atoms with Crippen molar-refractivity contribution in [3.05, 3.63) is 47.2 Å². The normalized spacial score (nSPS) is 18.7. The number of hydrogen-bond acceptors (Lipinski definition) is 3. The molecule has 0 aromatic carbocycles. The lowest BCUT2D eigenvalue weighted by atomic mass is 10.1. The number of morpholine rings is 1. The molecule has 3 rings (SSSR count). The molecule has 2 aromatic rings. The number of carbonyl (C=O) groups is 1. The Labute approximate surface area is 130 Å². The molecule has 1 aliphatic heterocycles. The lowest BCUT2D eigenvalue weighted by molar-refractivity contribution is -0.00623. The standard InChI is InChI=1S/C17H22N2O3/c1-4-15-12(2)10-16(22-15)17(20)19-8-9-21-11-14(19)13-6-5-7-18(13)3/h5-7,10,14H,4,8-9,11H2,1-3H3/t14-/m1/s1. The Morgan fingerprint density at radius 2 is 2.27 bits per heavy atom. The van der Waals surface area contributed by atoms with E-state index in [9.17, 15) is 4.79 Å². The molecule has 0 spiro atoms. The number of ether oxygens (including phenoxy) is 1. The van der Waals surface area contributed by atoms with Crippen molar-refractivity contribution in [1.82, 2.24) is 9.47 Å². The number of rotatable bonds is 3. The summed E-state index contributed by atoms with van der Waals surface area (Å²) in [6, 6.07) is 5.79. The van der Waals surface area contributed by atoms with Crippen LogP contribution in [0.2, 0.25) is 0 Å². The quantitative estimate of drug-likeness (QED) is 0.876. The van der Waals surface area contributed by atoms with Crippen LogP contribution in [0.15, 0.2) is 28.8 Å². The average Bonchev–Trinajstić information content (AvgIpc) is 3.12. The average molecular weight is 302 g/mol. The molecular formula is C17H22N2O3. The Balaban J connectivity index is 1.90. The van der Waals surface area contributed by atoms with Crippen molar-refractivity contribution in [3.63, 3.8) is 0 Å². The lowest BCUT2D eigenvalue weighted by Gasteiger charge is -2.35. The summed E-state index contributed by atoms with van der Waals surface area (Å²) in [5, 5.41) is 0. The predicted octanol–water partition coefficient (Wildman–Crippen LogP) is 2.70. The number of nitrogens with zero attached hydrogens (tertiary/aromatic N) is 2. The van der Waals surface area contributed by atoms with Gasteiger partial charge in [0.1, 0.15) is 5.76 Å². The maximum absolute atomic E-state index is 12.9. The summed E-state index contributed by atoms with van der Waals surface area (Å²) < 4.78 is 13.4. The van der Waals surface area contributed by atoms with Crippen LogP contribution >= 0.6 is 0 Å². The van der Waals surface area contributed by atoms with Gasteiger partial charge in [0.25, 0.3) is 5.91 Å². The molecule has 1 atom stereocenters. The fourth-order valence-electron chi connectivity index (χ4n) is 3.03. The molecule has 0 N–H and O–H groups in total. The van der Waals surface area contributed by atoms with E-state index in [1.54, 1.807) is 0 Å². The van der Waals surface area contributed by atoms with E-state index in [4.69, 9.17) is 9.15 Å². The Bertz CT molecular complexity index is 671. The topological polar surface area (TPSA) is 47.6 Å². The molecule has 1 aliphatic rings. The fourth-order valence-corrected chi connectivity index (χ4v) is 3.03. The van der Waals surface area contributed by atoms with Gasteiger partial charge in [-0.3, -0.25) is 4.79 Å². The molecule has 118 valence electrons. The molecule has 0 bridgehead atoms. The third-order valence-corrected chi connectivity index (χ3v) is 4.27. The van der Waals surface area contributed by atoms with Crippen LogP contribution in [0.5, 0.6) is 0 Å². The lowest BCUT2D eigenvalue weighted by Crippen LogP contribution is -2.43. The van der Waals surface area contributed by atoms with Gasteiger partial charge in [0.2, 0.25) is 0 Å². The Kier molecular flexibility index (Phi) is 4.07. The van der Waals surface area contributed by atoms with E-state index in [1.807, 2.05) is 54.8 Å². The monoisotopic (exact) mass is 302 g/mol. The molecule has 1 fully saturated rings. The van der Waals surface area contributed by atoms with Gasteiger partial charge in [-0.05, 0) is 30.7 Å². The molecule has 0 unspecified atom stereocenters. The summed E-state index contributed by atoms with van der Waals surface area (Å²) in [6.45, 7) is 5.67. The molecular weight excluding hydrogens is 280 g/mol. The second kappa shape index (κ2) is 6.01. The van der Waals surface area contributed by atoms with Gasteiger partial charge in [-0.15, -0.1) is 0 Å². The van der Waals surface area contributed by atoms with Gasteiger partial charge in [0.15, 0.2) is 5.76 Å². The van der Waals surface area contributed by atoms with Crippen molar-refractivity contribution in [1.29, 1.82) is 0 Å². The van der Waals surface area contributed by atoms with Gasteiger partial charge < -0.3 is 18.6 Å². The number of carbonyl (C=O) groups excluding carboxylic acids is 1. The zero-order chi connectivity index (χ0) is 15.7. The predicted molar refractivity (Wildman–Crippen MR) is 82.8 cm³/mol. The van der Waals surface area contributed by atoms with Gasteiger partial charge in [-0.2, -0.15) is 0 Å². The molecule has 22 heavy (non-hydrogen) atoms. The SMILES string of the molecule is CCc1oc(C(=O)N2CCOC[C@@H]2c2cccn2C)cc1C. The van der Waals surface area contributed by atoms with Crippen LogP contribution in [0.25, 0.3) is 0 Å². The van der Waals surface area contributed by atoms with Crippen LogP contribution < -0.4 is 0 Å². The third kappa shape index (κ3) is 2.57. The van der Waals surface area contributed by atoms with Crippen molar-refractivity contribution in [3.8, 4) is 0 Å². The first kappa shape index (κ1) is 14.9. The highest BCUT2D eigenvalue weighted by atomic mass is 16.5. The van der Waals surface area contributed by atoms with Crippen molar-refractivity contribution in [2.45, 2.75) is 26.3 Å². The zero-order valence-corrected chi connectivity index (χ0v) is 13.3. The van der Waals surface area contributed by atoms with E-state index in [2.05, 4.69) is 0 Å². The smallest absolute Gasteiger partial charge is 0.290 e. The molecule has 2 aromatic heterocycles. The Morgan fingerprint density at radius 3 is 2.91 bits per heavy atom. The van der Waals surface area contributed by atoms with E-state index in [0.29, 0.717) is 25.5 Å². The summed E-state index contributed by atoms with van der Waals surface area (Å²) in [6.07, 6.45) is 2.78. The van der Waals surface area contributed by atoms with E-state index < -0.39 is 0 Å². The third-order valence-electron chi connectivity index (χ3n) is 4.27. The van der Waals surface area contributed by atoms with Crippen LogP contribution in [0.3, 0.4) is 0 Å². The maximum Gasteiger partial charge on any atom is 0.290 e. The van der Waals surface area contributed by atoms with Crippen molar-refractivity contribution < 1.29 is 13.9 Å². The highest BCUT2D eigenvalue weighted by molar-refractivity contribution is 5.92. The van der Waals surface area contributed by atoms with Gasteiger partial charge in [-0.25, -0.2) is 0 Å².